The summed E-state index contributed by atoms with van der Waals surface area (Å²) >= 11 is 12.1. The monoisotopic (exact) mass is 315 g/mol. The smallest absolute Gasteiger partial charge is 0.225 e. The summed E-state index contributed by atoms with van der Waals surface area (Å²) in [5.41, 5.74) is 0.495. The van der Waals surface area contributed by atoms with Crippen molar-refractivity contribution in [3.63, 3.8) is 0 Å². The maximum Gasteiger partial charge on any atom is 0.225 e. The molecule has 0 unspecified atom stereocenters. The van der Waals surface area contributed by atoms with Crippen molar-refractivity contribution in [1.82, 2.24) is 10.2 Å². The second-order valence-electron chi connectivity index (χ2n) is 4.84. The van der Waals surface area contributed by atoms with Crippen LogP contribution in [0.2, 0.25) is 10.0 Å². The minimum absolute atomic E-state index is 0.0641. The predicted molar refractivity (Wildman–Crippen MR) is 83.6 cm³/mol. The highest BCUT2D eigenvalue weighted by Gasteiger charge is 2.23. The zero-order valence-electron chi connectivity index (χ0n) is 11.5. The van der Waals surface area contributed by atoms with E-state index in [4.69, 9.17) is 23.2 Å². The topological polar surface area (TPSA) is 44.4 Å². The van der Waals surface area contributed by atoms with Crippen LogP contribution in [0, 0.1) is 0 Å². The Morgan fingerprint density at radius 2 is 2.05 bits per heavy atom. The summed E-state index contributed by atoms with van der Waals surface area (Å²) < 4.78 is 0. The lowest BCUT2D eigenvalue weighted by atomic mass is 10.1. The second-order valence-corrected chi connectivity index (χ2v) is 5.65. The lowest BCUT2D eigenvalue weighted by Gasteiger charge is -2.37. The first-order chi connectivity index (χ1) is 9.61. The highest BCUT2D eigenvalue weighted by atomic mass is 35.5. The van der Waals surface area contributed by atoms with Gasteiger partial charge in [-0.3, -0.25) is 9.69 Å². The minimum atomic E-state index is -0.0641. The molecule has 1 aliphatic rings. The molecule has 1 aliphatic heterocycles. The number of nitrogens with zero attached hydrogens (tertiary/aromatic N) is 1. The number of hydrogen-bond acceptors (Lipinski definition) is 3. The fourth-order valence-corrected chi connectivity index (χ4v) is 2.69. The molecule has 110 valence electrons. The zero-order chi connectivity index (χ0) is 14.5. The minimum Gasteiger partial charge on any atom is -0.324 e. The van der Waals surface area contributed by atoms with E-state index in [9.17, 15) is 4.79 Å². The standard InChI is InChI=1S/C14H19Cl2N3O/c1-2-19(10-8-17-9-10)7-6-13(20)18-14-11(15)4-3-5-12(14)16/h3-5,10,17H,2,6-9H2,1H3,(H,18,20). The Balaban J connectivity index is 1.86. The van der Waals surface area contributed by atoms with Crippen LogP contribution in [0.1, 0.15) is 13.3 Å². The van der Waals surface area contributed by atoms with Crippen LogP contribution >= 0.6 is 23.2 Å². The van der Waals surface area contributed by atoms with Crippen molar-refractivity contribution in [1.29, 1.82) is 0 Å². The number of amides is 1. The van der Waals surface area contributed by atoms with E-state index in [1.165, 1.54) is 0 Å². The molecule has 0 aromatic heterocycles. The Morgan fingerprint density at radius 1 is 1.40 bits per heavy atom. The van der Waals surface area contributed by atoms with E-state index in [1.807, 2.05) is 0 Å². The van der Waals surface area contributed by atoms with Gasteiger partial charge in [-0.05, 0) is 18.7 Å². The number of carbonyl (C=O) groups excluding carboxylic acids is 1. The Hall–Kier alpha value is -0.810. The largest absolute Gasteiger partial charge is 0.324 e. The van der Waals surface area contributed by atoms with E-state index in [0.29, 0.717) is 28.2 Å². The number of rotatable bonds is 6. The number of anilines is 1. The summed E-state index contributed by atoms with van der Waals surface area (Å²) in [6, 6.07) is 5.72. The molecule has 1 fully saturated rings. The van der Waals surface area contributed by atoms with Crippen LogP contribution in [-0.4, -0.2) is 43.0 Å². The third-order valence-electron chi connectivity index (χ3n) is 3.54. The van der Waals surface area contributed by atoms with Crippen LogP contribution in [0.4, 0.5) is 5.69 Å². The second kappa shape index (κ2) is 7.27. The Labute approximate surface area is 129 Å². The summed E-state index contributed by atoms with van der Waals surface area (Å²) in [6.45, 7) is 5.82. The molecule has 2 N–H and O–H groups in total. The molecule has 0 atom stereocenters. The van der Waals surface area contributed by atoms with Gasteiger partial charge in [0.2, 0.25) is 5.91 Å². The van der Waals surface area contributed by atoms with Gasteiger partial charge in [0.15, 0.2) is 0 Å². The summed E-state index contributed by atoms with van der Waals surface area (Å²) in [5.74, 6) is -0.0641. The van der Waals surface area contributed by atoms with Gasteiger partial charge >= 0.3 is 0 Å². The van der Waals surface area contributed by atoms with Crippen molar-refractivity contribution in [2.24, 2.45) is 0 Å². The molecule has 1 aromatic carbocycles. The van der Waals surface area contributed by atoms with E-state index in [0.717, 1.165) is 26.2 Å². The molecule has 1 heterocycles. The average molecular weight is 316 g/mol. The predicted octanol–water partition coefficient (Wildman–Crippen LogP) is 2.62. The Kier molecular flexibility index (Phi) is 5.66. The molecule has 0 aliphatic carbocycles. The summed E-state index contributed by atoms with van der Waals surface area (Å²) in [7, 11) is 0. The van der Waals surface area contributed by atoms with Crippen LogP contribution in [0.25, 0.3) is 0 Å². The lowest BCUT2D eigenvalue weighted by Crippen LogP contribution is -2.57. The van der Waals surface area contributed by atoms with Crippen LogP contribution in [0.3, 0.4) is 0 Å². The van der Waals surface area contributed by atoms with Gasteiger partial charge in [-0.15, -0.1) is 0 Å². The first kappa shape index (κ1) is 15.6. The van der Waals surface area contributed by atoms with Crippen molar-refractivity contribution < 1.29 is 4.79 Å². The molecule has 0 bridgehead atoms. The number of hydrogen-bond donors (Lipinski definition) is 2. The molecule has 2 rings (SSSR count). The van der Waals surface area contributed by atoms with E-state index >= 15 is 0 Å². The summed E-state index contributed by atoms with van der Waals surface area (Å²) in [6.07, 6.45) is 0.436. The Bertz CT molecular complexity index is 457. The lowest BCUT2D eigenvalue weighted by molar-refractivity contribution is -0.116. The van der Waals surface area contributed by atoms with E-state index in [-0.39, 0.29) is 5.91 Å². The molecule has 1 saturated heterocycles. The highest BCUT2D eigenvalue weighted by Crippen LogP contribution is 2.29. The number of halogens is 2. The van der Waals surface area contributed by atoms with Crippen molar-refractivity contribution in [3.8, 4) is 0 Å². The molecule has 0 spiro atoms. The molecule has 6 heteroatoms. The molecule has 0 saturated carbocycles. The number of para-hydroxylation sites is 1. The average Bonchev–Trinajstić information content (AvgIpc) is 2.36. The Morgan fingerprint density at radius 3 is 2.55 bits per heavy atom. The summed E-state index contributed by atoms with van der Waals surface area (Å²) in [4.78, 5) is 14.3. The van der Waals surface area contributed by atoms with Gasteiger partial charge in [0.1, 0.15) is 0 Å². The molecular formula is C14H19Cl2N3O. The molecule has 1 amide bonds. The quantitative estimate of drug-likeness (QED) is 0.848. The van der Waals surface area contributed by atoms with Crippen LogP contribution in [-0.2, 0) is 4.79 Å². The normalized spacial score (nSPS) is 15.2. The number of likely N-dealkylation sites (N-methyl/N-ethyl adjacent to an activating group) is 1. The molecule has 20 heavy (non-hydrogen) atoms. The van der Waals surface area contributed by atoms with Crippen molar-refractivity contribution in [2.45, 2.75) is 19.4 Å². The highest BCUT2D eigenvalue weighted by molar-refractivity contribution is 6.39. The fraction of sp³-hybridized carbons (Fsp3) is 0.500. The van der Waals surface area contributed by atoms with Crippen LogP contribution in [0.15, 0.2) is 18.2 Å². The molecular weight excluding hydrogens is 297 g/mol. The molecule has 4 nitrogen and oxygen atoms in total. The van der Waals surface area contributed by atoms with E-state index in [2.05, 4.69) is 22.5 Å². The van der Waals surface area contributed by atoms with E-state index < -0.39 is 0 Å². The number of benzene rings is 1. The van der Waals surface area contributed by atoms with Gasteiger partial charge in [0.05, 0.1) is 15.7 Å². The molecule has 0 radical (unpaired) electrons. The van der Waals surface area contributed by atoms with Gasteiger partial charge in [-0.1, -0.05) is 36.2 Å². The van der Waals surface area contributed by atoms with Gasteiger partial charge in [-0.2, -0.15) is 0 Å². The number of nitrogens with one attached hydrogen (secondary N) is 2. The van der Waals surface area contributed by atoms with Gasteiger partial charge in [0.25, 0.3) is 0 Å². The first-order valence-corrected chi connectivity index (χ1v) is 7.56. The summed E-state index contributed by atoms with van der Waals surface area (Å²) in [5, 5.41) is 6.95. The fourth-order valence-electron chi connectivity index (χ4n) is 2.19. The zero-order valence-corrected chi connectivity index (χ0v) is 13.0. The molecule has 1 aromatic rings. The van der Waals surface area contributed by atoms with Gasteiger partial charge < -0.3 is 10.6 Å². The number of carbonyl (C=O) groups is 1. The third-order valence-corrected chi connectivity index (χ3v) is 4.17. The SMILES string of the molecule is CCN(CCC(=O)Nc1c(Cl)cccc1Cl)C1CNC1. The third kappa shape index (κ3) is 3.85. The first-order valence-electron chi connectivity index (χ1n) is 6.80. The van der Waals surface area contributed by atoms with Crippen molar-refractivity contribution >= 4 is 34.8 Å². The van der Waals surface area contributed by atoms with Crippen LogP contribution < -0.4 is 10.6 Å². The van der Waals surface area contributed by atoms with Crippen molar-refractivity contribution in [2.75, 3.05) is 31.5 Å². The van der Waals surface area contributed by atoms with E-state index in [1.54, 1.807) is 18.2 Å². The van der Waals surface area contributed by atoms with Gasteiger partial charge in [-0.25, -0.2) is 0 Å². The van der Waals surface area contributed by atoms with Gasteiger partial charge in [0, 0.05) is 32.1 Å². The van der Waals surface area contributed by atoms with Crippen LogP contribution in [0.5, 0.6) is 0 Å². The van der Waals surface area contributed by atoms with Crippen molar-refractivity contribution in [3.05, 3.63) is 28.2 Å². The maximum absolute atomic E-state index is 12.0. The maximum atomic E-state index is 12.0.